The van der Waals surface area contributed by atoms with E-state index in [0.29, 0.717) is 18.3 Å². The normalized spacial score (nSPS) is 10.6. The fraction of sp³-hybridized carbons (Fsp3) is 0.438. The lowest BCUT2D eigenvalue weighted by molar-refractivity contribution is 0.273. The minimum absolute atomic E-state index is 0.587. The van der Waals surface area contributed by atoms with Gasteiger partial charge in [-0.05, 0) is 44.0 Å². The van der Waals surface area contributed by atoms with Gasteiger partial charge in [-0.2, -0.15) is 0 Å². The van der Waals surface area contributed by atoms with Crippen molar-refractivity contribution in [3.63, 3.8) is 0 Å². The van der Waals surface area contributed by atoms with Crippen LogP contribution >= 0.6 is 11.3 Å². The second kappa shape index (κ2) is 7.31. The van der Waals surface area contributed by atoms with Crippen LogP contribution in [0.2, 0.25) is 0 Å². The van der Waals surface area contributed by atoms with E-state index in [1.54, 1.807) is 0 Å². The SMILES string of the molecule is CCCCOc1ccc(-c2sc(N)nc2C)cc1OCC. The van der Waals surface area contributed by atoms with Crippen molar-refractivity contribution in [3.8, 4) is 21.9 Å². The summed E-state index contributed by atoms with van der Waals surface area (Å²) in [4.78, 5) is 5.35. The van der Waals surface area contributed by atoms with E-state index in [-0.39, 0.29) is 0 Å². The van der Waals surface area contributed by atoms with Crippen LogP contribution in [-0.2, 0) is 0 Å². The Morgan fingerprint density at radius 3 is 2.62 bits per heavy atom. The largest absolute Gasteiger partial charge is 0.490 e. The Bertz CT molecular complexity index is 596. The Labute approximate surface area is 129 Å². The third kappa shape index (κ3) is 3.88. The van der Waals surface area contributed by atoms with Crippen molar-refractivity contribution in [2.24, 2.45) is 0 Å². The Balaban J connectivity index is 2.28. The quantitative estimate of drug-likeness (QED) is 0.776. The molecule has 0 unspecified atom stereocenters. The maximum absolute atomic E-state index is 5.79. The van der Waals surface area contributed by atoms with Gasteiger partial charge in [-0.3, -0.25) is 0 Å². The first-order valence-electron chi connectivity index (χ1n) is 7.28. The van der Waals surface area contributed by atoms with Gasteiger partial charge in [-0.15, -0.1) is 0 Å². The van der Waals surface area contributed by atoms with Crippen LogP contribution in [-0.4, -0.2) is 18.2 Å². The summed E-state index contributed by atoms with van der Waals surface area (Å²) in [5, 5.41) is 0.587. The highest BCUT2D eigenvalue weighted by molar-refractivity contribution is 7.18. The van der Waals surface area contributed by atoms with Crippen molar-refractivity contribution in [1.29, 1.82) is 0 Å². The van der Waals surface area contributed by atoms with E-state index in [0.717, 1.165) is 40.5 Å². The molecule has 2 rings (SSSR count). The monoisotopic (exact) mass is 306 g/mol. The summed E-state index contributed by atoms with van der Waals surface area (Å²) in [5.74, 6) is 1.57. The summed E-state index contributed by atoms with van der Waals surface area (Å²) < 4.78 is 11.5. The molecular weight excluding hydrogens is 284 g/mol. The second-order valence-corrected chi connectivity index (χ2v) is 5.79. The highest BCUT2D eigenvalue weighted by Gasteiger charge is 2.12. The lowest BCUT2D eigenvalue weighted by Crippen LogP contribution is -2.00. The topological polar surface area (TPSA) is 57.4 Å². The third-order valence-corrected chi connectivity index (χ3v) is 4.11. The number of nitrogen functional groups attached to an aromatic ring is 1. The molecule has 2 N–H and O–H groups in total. The number of ether oxygens (including phenoxy) is 2. The van der Waals surface area contributed by atoms with Gasteiger partial charge in [0.15, 0.2) is 16.6 Å². The van der Waals surface area contributed by atoms with Crippen molar-refractivity contribution in [2.45, 2.75) is 33.6 Å². The summed E-state index contributed by atoms with van der Waals surface area (Å²) >= 11 is 1.49. The van der Waals surface area contributed by atoms with Gasteiger partial charge in [0, 0.05) is 0 Å². The molecular formula is C16H22N2O2S. The first-order chi connectivity index (χ1) is 10.2. The van der Waals surface area contributed by atoms with Crippen LogP contribution in [0.1, 0.15) is 32.4 Å². The predicted molar refractivity (Wildman–Crippen MR) is 88.3 cm³/mol. The van der Waals surface area contributed by atoms with Crippen LogP contribution in [0.4, 0.5) is 5.13 Å². The molecule has 0 atom stereocenters. The van der Waals surface area contributed by atoms with Crippen LogP contribution in [0.3, 0.4) is 0 Å². The van der Waals surface area contributed by atoms with Gasteiger partial charge in [-0.1, -0.05) is 24.7 Å². The molecule has 1 aromatic heterocycles. The zero-order chi connectivity index (χ0) is 15.2. The molecule has 21 heavy (non-hydrogen) atoms. The number of hydrogen-bond acceptors (Lipinski definition) is 5. The minimum Gasteiger partial charge on any atom is -0.490 e. The van der Waals surface area contributed by atoms with E-state index < -0.39 is 0 Å². The van der Waals surface area contributed by atoms with Crippen LogP contribution in [0.25, 0.3) is 10.4 Å². The lowest BCUT2D eigenvalue weighted by atomic mass is 10.1. The number of thiazole rings is 1. The molecule has 1 heterocycles. The van der Waals surface area contributed by atoms with E-state index in [4.69, 9.17) is 15.2 Å². The lowest BCUT2D eigenvalue weighted by Gasteiger charge is -2.13. The number of benzene rings is 1. The molecule has 0 fully saturated rings. The highest BCUT2D eigenvalue weighted by Crippen LogP contribution is 2.37. The van der Waals surface area contributed by atoms with Crippen molar-refractivity contribution < 1.29 is 9.47 Å². The molecule has 114 valence electrons. The maximum Gasteiger partial charge on any atom is 0.180 e. The van der Waals surface area contributed by atoms with Crippen LogP contribution < -0.4 is 15.2 Å². The molecule has 0 aliphatic heterocycles. The first kappa shape index (κ1) is 15.6. The van der Waals surface area contributed by atoms with Crippen LogP contribution in [0, 0.1) is 6.92 Å². The van der Waals surface area contributed by atoms with Crippen LogP contribution in [0.15, 0.2) is 18.2 Å². The standard InChI is InChI=1S/C16H22N2O2S/c1-4-6-9-20-13-8-7-12(10-14(13)19-5-2)15-11(3)18-16(17)21-15/h7-8,10H,4-6,9H2,1-3H3,(H2,17,18). The summed E-state index contributed by atoms with van der Waals surface area (Å²) in [7, 11) is 0. The zero-order valence-electron chi connectivity index (χ0n) is 12.8. The number of hydrogen-bond donors (Lipinski definition) is 1. The van der Waals surface area contributed by atoms with Gasteiger partial charge in [-0.25, -0.2) is 4.98 Å². The van der Waals surface area contributed by atoms with Crippen LogP contribution in [0.5, 0.6) is 11.5 Å². The second-order valence-electron chi connectivity index (χ2n) is 4.76. The van der Waals surface area contributed by atoms with Gasteiger partial charge in [0.2, 0.25) is 0 Å². The molecule has 0 bridgehead atoms. The Morgan fingerprint density at radius 2 is 2.00 bits per heavy atom. The van der Waals surface area contributed by atoms with E-state index >= 15 is 0 Å². The highest BCUT2D eigenvalue weighted by atomic mass is 32.1. The fourth-order valence-corrected chi connectivity index (χ4v) is 2.88. The van der Waals surface area contributed by atoms with E-state index in [1.807, 2.05) is 32.0 Å². The molecule has 4 nitrogen and oxygen atoms in total. The molecule has 0 amide bonds. The summed E-state index contributed by atoms with van der Waals surface area (Å²) in [5.41, 5.74) is 7.78. The minimum atomic E-state index is 0.587. The summed E-state index contributed by atoms with van der Waals surface area (Å²) in [6.07, 6.45) is 2.15. The predicted octanol–water partition coefficient (Wildman–Crippen LogP) is 4.28. The van der Waals surface area contributed by atoms with Gasteiger partial charge >= 0.3 is 0 Å². The van der Waals surface area contributed by atoms with Gasteiger partial charge in [0.1, 0.15) is 0 Å². The smallest absolute Gasteiger partial charge is 0.180 e. The number of aryl methyl sites for hydroxylation is 1. The average molecular weight is 306 g/mol. The maximum atomic E-state index is 5.79. The molecule has 0 saturated carbocycles. The summed E-state index contributed by atoms with van der Waals surface area (Å²) in [6, 6.07) is 6.00. The molecule has 0 aliphatic carbocycles. The first-order valence-corrected chi connectivity index (χ1v) is 8.10. The molecule has 0 aliphatic rings. The number of nitrogens with two attached hydrogens (primary N) is 1. The number of nitrogens with zero attached hydrogens (tertiary/aromatic N) is 1. The van der Waals surface area contributed by atoms with Gasteiger partial charge in [0.25, 0.3) is 0 Å². The van der Waals surface area contributed by atoms with Gasteiger partial charge < -0.3 is 15.2 Å². The Morgan fingerprint density at radius 1 is 1.19 bits per heavy atom. The number of aromatic nitrogens is 1. The number of anilines is 1. The Kier molecular flexibility index (Phi) is 5.44. The average Bonchev–Trinajstić information content (AvgIpc) is 2.80. The molecule has 2 aromatic rings. The van der Waals surface area contributed by atoms with Crippen molar-refractivity contribution in [1.82, 2.24) is 4.98 Å². The summed E-state index contributed by atoms with van der Waals surface area (Å²) in [6.45, 7) is 7.40. The van der Waals surface area contributed by atoms with Crippen molar-refractivity contribution in [3.05, 3.63) is 23.9 Å². The molecule has 5 heteroatoms. The zero-order valence-corrected chi connectivity index (χ0v) is 13.6. The molecule has 0 spiro atoms. The third-order valence-electron chi connectivity index (χ3n) is 3.07. The van der Waals surface area contributed by atoms with Gasteiger partial charge in [0.05, 0.1) is 23.8 Å². The number of unbranched alkanes of at least 4 members (excludes halogenated alkanes) is 1. The molecule has 1 aromatic carbocycles. The molecule has 0 radical (unpaired) electrons. The Hall–Kier alpha value is -1.75. The van der Waals surface area contributed by atoms with Crippen molar-refractivity contribution in [2.75, 3.05) is 18.9 Å². The van der Waals surface area contributed by atoms with E-state index in [1.165, 1.54) is 11.3 Å². The number of rotatable bonds is 7. The van der Waals surface area contributed by atoms with E-state index in [9.17, 15) is 0 Å². The molecule has 0 saturated heterocycles. The van der Waals surface area contributed by atoms with Crippen molar-refractivity contribution >= 4 is 16.5 Å². The van der Waals surface area contributed by atoms with E-state index in [2.05, 4.69) is 11.9 Å². The fourth-order valence-electron chi connectivity index (χ4n) is 2.05.